The maximum Gasteiger partial charge on any atom is 0.250 e. The molecule has 2 fully saturated rings. The van der Waals surface area contributed by atoms with Crippen molar-refractivity contribution in [2.75, 3.05) is 0 Å². The first kappa shape index (κ1) is 17.5. The third-order valence-corrected chi connectivity index (χ3v) is 8.74. The number of benzene rings is 1. The number of sulfonamides is 1. The number of rotatable bonds is 5. The summed E-state index contributed by atoms with van der Waals surface area (Å²) in [6.07, 6.45) is 7.47. The first-order valence-corrected chi connectivity index (χ1v) is 11.6. The summed E-state index contributed by atoms with van der Waals surface area (Å²) in [4.78, 5) is 0.941. The Labute approximate surface area is 158 Å². The van der Waals surface area contributed by atoms with Crippen molar-refractivity contribution in [3.63, 3.8) is 0 Å². The van der Waals surface area contributed by atoms with Gasteiger partial charge in [-0.2, -0.15) is 0 Å². The van der Waals surface area contributed by atoms with Crippen LogP contribution >= 0.6 is 22.9 Å². The molecular weight excluding hydrogens is 374 g/mol. The summed E-state index contributed by atoms with van der Waals surface area (Å²) in [5.41, 5.74) is 0.988. The summed E-state index contributed by atoms with van der Waals surface area (Å²) >= 11 is 7.23. The van der Waals surface area contributed by atoms with E-state index in [4.69, 9.17) is 11.6 Å². The molecule has 0 spiro atoms. The van der Waals surface area contributed by atoms with Crippen molar-refractivity contribution >= 4 is 33.0 Å². The Balaban J connectivity index is 1.43. The second-order valence-electron chi connectivity index (χ2n) is 7.15. The zero-order valence-corrected chi connectivity index (χ0v) is 16.3. The SMILES string of the molecule is O=S(=O)(N[C@@H]1C[C@H]1C1CCCCC1)c1ccc(-c2ccc(Cl)cc2)s1. The standard InChI is InChI=1S/C19H22ClNO2S2/c20-15-8-6-14(7-9-15)18-10-11-19(24-18)25(22,23)21-17-12-16(17)13-4-2-1-3-5-13/h6-11,13,16-17,21H,1-5,12H2/t16-,17+/m0/s1. The summed E-state index contributed by atoms with van der Waals surface area (Å²) in [5, 5.41) is 0.678. The average molecular weight is 396 g/mol. The highest BCUT2D eigenvalue weighted by Crippen LogP contribution is 2.45. The molecule has 2 atom stereocenters. The van der Waals surface area contributed by atoms with E-state index in [9.17, 15) is 8.42 Å². The molecular formula is C19H22ClNO2S2. The maximum absolute atomic E-state index is 12.7. The second kappa shape index (κ2) is 7.03. The molecule has 2 aliphatic rings. The molecule has 134 valence electrons. The van der Waals surface area contributed by atoms with Crippen molar-refractivity contribution in [1.82, 2.24) is 4.72 Å². The fourth-order valence-electron chi connectivity index (χ4n) is 3.92. The van der Waals surface area contributed by atoms with E-state index in [-0.39, 0.29) is 6.04 Å². The van der Waals surface area contributed by atoms with E-state index >= 15 is 0 Å². The van der Waals surface area contributed by atoms with E-state index < -0.39 is 10.0 Å². The van der Waals surface area contributed by atoms with Gasteiger partial charge in [0.2, 0.25) is 10.0 Å². The van der Waals surface area contributed by atoms with Gasteiger partial charge in [0.1, 0.15) is 4.21 Å². The molecule has 1 heterocycles. The highest BCUT2D eigenvalue weighted by Gasteiger charge is 2.45. The smallest absolute Gasteiger partial charge is 0.207 e. The fraction of sp³-hybridized carbons (Fsp3) is 0.474. The van der Waals surface area contributed by atoms with Crippen LogP contribution < -0.4 is 4.72 Å². The summed E-state index contributed by atoms with van der Waals surface area (Å²) in [6.45, 7) is 0. The van der Waals surface area contributed by atoms with E-state index in [1.54, 1.807) is 6.07 Å². The molecule has 0 amide bonds. The largest absolute Gasteiger partial charge is 0.250 e. The van der Waals surface area contributed by atoms with E-state index in [0.717, 1.165) is 22.8 Å². The Kier molecular flexibility index (Phi) is 4.93. The van der Waals surface area contributed by atoms with Gasteiger partial charge < -0.3 is 0 Å². The number of thiophene rings is 1. The van der Waals surface area contributed by atoms with Gasteiger partial charge in [-0.15, -0.1) is 11.3 Å². The quantitative estimate of drug-likeness (QED) is 0.745. The zero-order chi connectivity index (χ0) is 17.4. The maximum atomic E-state index is 12.7. The Morgan fingerprint density at radius 3 is 2.44 bits per heavy atom. The van der Waals surface area contributed by atoms with Crippen molar-refractivity contribution in [3.8, 4) is 10.4 Å². The van der Waals surface area contributed by atoms with Gasteiger partial charge in [-0.05, 0) is 48.1 Å². The van der Waals surface area contributed by atoms with Crippen LogP contribution in [0.4, 0.5) is 0 Å². The Morgan fingerprint density at radius 2 is 1.72 bits per heavy atom. The van der Waals surface area contributed by atoms with Crippen LogP contribution in [0.15, 0.2) is 40.6 Å². The molecule has 1 aromatic heterocycles. The van der Waals surface area contributed by atoms with Gasteiger partial charge in [-0.1, -0.05) is 55.8 Å². The average Bonchev–Trinajstić information content (AvgIpc) is 3.17. The monoisotopic (exact) mass is 395 g/mol. The van der Waals surface area contributed by atoms with Crippen LogP contribution in [0.1, 0.15) is 38.5 Å². The minimum absolute atomic E-state index is 0.134. The Morgan fingerprint density at radius 1 is 1.00 bits per heavy atom. The number of halogens is 1. The predicted octanol–water partition coefficient (Wildman–Crippen LogP) is 5.32. The lowest BCUT2D eigenvalue weighted by atomic mass is 9.86. The Hall–Kier alpha value is -0.880. The number of hydrogen-bond acceptors (Lipinski definition) is 3. The van der Waals surface area contributed by atoms with Crippen LogP contribution in [0.2, 0.25) is 5.02 Å². The topological polar surface area (TPSA) is 46.2 Å². The van der Waals surface area contributed by atoms with Gasteiger partial charge in [0.15, 0.2) is 0 Å². The van der Waals surface area contributed by atoms with Crippen LogP contribution in [-0.4, -0.2) is 14.5 Å². The van der Waals surface area contributed by atoms with E-state index in [2.05, 4.69) is 4.72 Å². The minimum atomic E-state index is -3.42. The van der Waals surface area contributed by atoms with Gasteiger partial charge in [0.25, 0.3) is 0 Å². The molecule has 2 saturated carbocycles. The highest BCUT2D eigenvalue weighted by molar-refractivity contribution is 7.91. The van der Waals surface area contributed by atoms with Crippen LogP contribution in [0, 0.1) is 11.8 Å². The molecule has 4 rings (SSSR count). The summed E-state index contributed by atoms with van der Waals surface area (Å²) in [7, 11) is -3.42. The lowest BCUT2D eigenvalue weighted by molar-refractivity contribution is 0.316. The van der Waals surface area contributed by atoms with Crippen molar-refractivity contribution in [2.45, 2.75) is 48.8 Å². The van der Waals surface area contributed by atoms with Gasteiger partial charge >= 0.3 is 0 Å². The van der Waals surface area contributed by atoms with Gasteiger partial charge in [0.05, 0.1) is 0 Å². The normalized spacial score (nSPS) is 24.4. The lowest BCUT2D eigenvalue weighted by Gasteiger charge is -2.21. The fourth-order valence-corrected chi connectivity index (χ4v) is 6.68. The second-order valence-corrected chi connectivity index (χ2v) is 10.6. The van der Waals surface area contributed by atoms with Crippen LogP contribution in [-0.2, 0) is 10.0 Å². The van der Waals surface area contributed by atoms with Crippen molar-refractivity contribution in [1.29, 1.82) is 0 Å². The summed E-state index contributed by atoms with van der Waals surface area (Å²) in [6, 6.07) is 11.2. The lowest BCUT2D eigenvalue weighted by Crippen LogP contribution is -2.28. The van der Waals surface area contributed by atoms with Crippen molar-refractivity contribution in [3.05, 3.63) is 41.4 Å². The Bertz CT molecular complexity index is 839. The first-order chi connectivity index (χ1) is 12.0. The molecule has 2 aliphatic carbocycles. The molecule has 1 aromatic carbocycles. The van der Waals surface area contributed by atoms with Gasteiger partial charge in [-0.25, -0.2) is 13.1 Å². The summed E-state index contributed by atoms with van der Waals surface area (Å²) < 4.78 is 28.7. The predicted molar refractivity (Wildman–Crippen MR) is 104 cm³/mol. The third kappa shape index (κ3) is 3.95. The van der Waals surface area contributed by atoms with Crippen molar-refractivity contribution in [2.24, 2.45) is 11.8 Å². The van der Waals surface area contributed by atoms with Crippen LogP contribution in [0.3, 0.4) is 0 Å². The van der Waals surface area contributed by atoms with Crippen LogP contribution in [0.25, 0.3) is 10.4 Å². The molecule has 0 aliphatic heterocycles. The van der Waals surface area contributed by atoms with Gasteiger partial charge in [0, 0.05) is 15.9 Å². The molecule has 3 nitrogen and oxygen atoms in total. The highest BCUT2D eigenvalue weighted by atomic mass is 35.5. The van der Waals surface area contributed by atoms with E-state index in [1.807, 2.05) is 30.3 Å². The zero-order valence-electron chi connectivity index (χ0n) is 13.9. The molecule has 2 aromatic rings. The molecule has 0 radical (unpaired) electrons. The first-order valence-electron chi connectivity index (χ1n) is 8.91. The van der Waals surface area contributed by atoms with Gasteiger partial charge in [-0.3, -0.25) is 0 Å². The van der Waals surface area contributed by atoms with E-state index in [1.165, 1.54) is 43.4 Å². The number of nitrogens with one attached hydrogen (secondary N) is 1. The molecule has 0 saturated heterocycles. The summed E-state index contributed by atoms with van der Waals surface area (Å²) in [5.74, 6) is 1.26. The molecule has 0 unspecified atom stereocenters. The van der Waals surface area contributed by atoms with E-state index in [0.29, 0.717) is 15.1 Å². The number of hydrogen-bond donors (Lipinski definition) is 1. The van der Waals surface area contributed by atoms with Crippen LogP contribution in [0.5, 0.6) is 0 Å². The molecule has 25 heavy (non-hydrogen) atoms. The minimum Gasteiger partial charge on any atom is -0.207 e. The molecule has 0 bridgehead atoms. The van der Waals surface area contributed by atoms with Crippen molar-refractivity contribution < 1.29 is 8.42 Å². The molecule has 1 N–H and O–H groups in total. The third-order valence-electron chi connectivity index (χ3n) is 5.38. The molecule has 6 heteroatoms.